The predicted molar refractivity (Wildman–Crippen MR) is 106 cm³/mol. The van der Waals surface area contributed by atoms with Gasteiger partial charge in [0.1, 0.15) is 11.6 Å². The van der Waals surface area contributed by atoms with Gasteiger partial charge >= 0.3 is 0 Å². The molecule has 0 spiro atoms. The molecule has 3 aromatic rings. The minimum atomic E-state index is -0.598. The van der Waals surface area contributed by atoms with Crippen LogP contribution in [0.5, 0.6) is 0 Å². The maximum absolute atomic E-state index is 12.5. The van der Waals surface area contributed by atoms with Gasteiger partial charge in [-0.25, -0.2) is 4.68 Å². The molecule has 2 aromatic carbocycles. The van der Waals surface area contributed by atoms with Crippen LogP contribution >= 0.6 is 23.2 Å². The fourth-order valence-corrected chi connectivity index (χ4v) is 2.99. The minimum Gasteiger partial charge on any atom is -0.347 e. The topological polar surface area (TPSA) is 64.0 Å². The van der Waals surface area contributed by atoms with Crippen molar-refractivity contribution in [2.24, 2.45) is 0 Å². The lowest BCUT2D eigenvalue weighted by atomic mass is 9.99. The van der Waals surface area contributed by atoms with Crippen LogP contribution in [-0.4, -0.2) is 15.7 Å². The van der Waals surface area contributed by atoms with Gasteiger partial charge < -0.3 is 5.32 Å². The Balaban J connectivity index is 1.78. The van der Waals surface area contributed by atoms with E-state index < -0.39 is 5.56 Å². The molecule has 0 fully saturated rings. The molecular formula is C20H17Cl2N3O2. The van der Waals surface area contributed by atoms with Crippen LogP contribution in [0, 0.1) is 0 Å². The fourth-order valence-electron chi connectivity index (χ4n) is 2.72. The third kappa shape index (κ3) is 4.96. The molecule has 1 aromatic heterocycles. The van der Waals surface area contributed by atoms with Gasteiger partial charge in [-0.05, 0) is 17.5 Å². The molecule has 5 nitrogen and oxygen atoms in total. The van der Waals surface area contributed by atoms with E-state index in [2.05, 4.69) is 10.4 Å². The first-order valence-corrected chi connectivity index (χ1v) is 9.09. The summed E-state index contributed by atoms with van der Waals surface area (Å²) in [5.41, 5.74) is 1.47. The lowest BCUT2D eigenvalue weighted by Gasteiger charge is -2.20. The number of benzene rings is 2. The molecule has 1 amide bonds. The van der Waals surface area contributed by atoms with Gasteiger partial charge in [0.15, 0.2) is 0 Å². The molecule has 1 heterocycles. The van der Waals surface area contributed by atoms with Gasteiger partial charge in [0.25, 0.3) is 5.56 Å². The van der Waals surface area contributed by atoms with Gasteiger partial charge in [-0.2, -0.15) is 5.10 Å². The first-order chi connectivity index (χ1) is 13.0. The second kappa shape index (κ2) is 8.84. The van der Waals surface area contributed by atoms with E-state index in [9.17, 15) is 9.59 Å². The van der Waals surface area contributed by atoms with Crippen LogP contribution in [0.3, 0.4) is 0 Å². The largest absolute Gasteiger partial charge is 0.347 e. The summed E-state index contributed by atoms with van der Waals surface area (Å²) in [7, 11) is 0. The highest BCUT2D eigenvalue weighted by atomic mass is 35.5. The Kier molecular flexibility index (Phi) is 6.27. The van der Waals surface area contributed by atoms with E-state index in [-0.39, 0.29) is 28.5 Å². The van der Waals surface area contributed by atoms with E-state index >= 15 is 0 Å². The predicted octanol–water partition coefficient (Wildman–Crippen LogP) is 3.65. The molecule has 0 bridgehead atoms. The van der Waals surface area contributed by atoms with Crippen LogP contribution in [0.15, 0.2) is 71.7 Å². The number of hydrogen-bond donors (Lipinski definition) is 1. The van der Waals surface area contributed by atoms with E-state index in [0.29, 0.717) is 6.42 Å². The van der Waals surface area contributed by atoms with Gasteiger partial charge in [0.05, 0.1) is 17.3 Å². The first-order valence-electron chi connectivity index (χ1n) is 8.34. The maximum Gasteiger partial charge on any atom is 0.287 e. The summed E-state index contributed by atoms with van der Waals surface area (Å²) in [6.07, 6.45) is 1.87. The van der Waals surface area contributed by atoms with Crippen molar-refractivity contribution in [3.8, 4) is 0 Å². The highest BCUT2D eigenvalue weighted by molar-refractivity contribution is 6.41. The van der Waals surface area contributed by atoms with Crippen LogP contribution < -0.4 is 10.9 Å². The molecule has 0 saturated heterocycles. The number of halogens is 2. The highest BCUT2D eigenvalue weighted by Gasteiger charge is 2.17. The van der Waals surface area contributed by atoms with Gasteiger partial charge in [0.2, 0.25) is 5.91 Å². The lowest BCUT2D eigenvalue weighted by Crippen LogP contribution is -2.36. The lowest BCUT2D eigenvalue weighted by molar-refractivity contribution is -0.122. The molecule has 27 heavy (non-hydrogen) atoms. The standard InChI is InChI=1S/C20H17Cl2N3O2/c21-16-12-23-25(20(27)19(16)22)13-18(26)24-17(15-9-5-2-6-10-15)11-14-7-3-1-4-8-14/h1-10,12,17H,11,13H2,(H,24,26)/t17-/m0/s1. The molecule has 0 radical (unpaired) electrons. The molecule has 1 N–H and O–H groups in total. The van der Waals surface area contributed by atoms with E-state index in [1.165, 1.54) is 6.20 Å². The summed E-state index contributed by atoms with van der Waals surface area (Å²) in [5, 5.41) is 6.76. The maximum atomic E-state index is 12.5. The summed E-state index contributed by atoms with van der Waals surface area (Å²) in [5.74, 6) is -0.340. The van der Waals surface area contributed by atoms with Crippen molar-refractivity contribution < 1.29 is 4.79 Å². The van der Waals surface area contributed by atoms with Crippen molar-refractivity contribution in [2.75, 3.05) is 0 Å². The third-order valence-electron chi connectivity index (χ3n) is 4.06. The van der Waals surface area contributed by atoms with E-state index in [1.807, 2.05) is 60.7 Å². The Morgan fingerprint density at radius 3 is 2.33 bits per heavy atom. The molecule has 0 unspecified atom stereocenters. The second-order valence-electron chi connectivity index (χ2n) is 5.99. The van der Waals surface area contributed by atoms with E-state index in [0.717, 1.165) is 15.8 Å². The quantitative estimate of drug-likeness (QED) is 0.685. The van der Waals surface area contributed by atoms with E-state index in [4.69, 9.17) is 23.2 Å². The Morgan fingerprint density at radius 2 is 1.67 bits per heavy atom. The third-order valence-corrected chi connectivity index (χ3v) is 4.80. The number of amides is 1. The number of carbonyl (C=O) groups is 1. The average Bonchev–Trinajstić information content (AvgIpc) is 2.69. The van der Waals surface area contributed by atoms with Crippen LogP contribution in [0.2, 0.25) is 10.0 Å². The number of nitrogens with zero attached hydrogens (tertiary/aromatic N) is 2. The second-order valence-corrected chi connectivity index (χ2v) is 6.77. The molecule has 138 valence electrons. The summed E-state index contributed by atoms with van der Waals surface area (Å²) in [4.78, 5) is 24.6. The monoisotopic (exact) mass is 401 g/mol. The molecule has 0 aliphatic heterocycles. The SMILES string of the molecule is O=C(Cn1ncc(Cl)c(Cl)c1=O)N[C@@H](Cc1ccccc1)c1ccccc1. The zero-order chi connectivity index (χ0) is 19.2. The minimum absolute atomic E-state index is 0.0598. The van der Waals surface area contributed by atoms with Crippen molar-refractivity contribution in [1.82, 2.24) is 15.1 Å². The number of aromatic nitrogens is 2. The molecule has 0 saturated carbocycles. The molecule has 0 aliphatic carbocycles. The normalized spacial score (nSPS) is 11.8. The molecule has 3 rings (SSSR count). The summed E-state index contributed by atoms with van der Waals surface area (Å²) in [6.45, 7) is -0.242. The van der Waals surface area contributed by atoms with Crippen molar-refractivity contribution in [2.45, 2.75) is 19.0 Å². The number of nitrogens with one attached hydrogen (secondary N) is 1. The van der Waals surface area contributed by atoms with Crippen LogP contribution in [0.4, 0.5) is 0 Å². The number of hydrogen-bond acceptors (Lipinski definition) is 3. The van der Waals surface area contributed by atoms with Gasteiger partial charge in [0, 0.05) is 0 Å². The van der Waals surface area contributed by atoms with Crippen LogP contribution in [-0.2, 0) is 17.8 Å². The van der Waals surface area contributed by atoms with Gasteiger partial charge in [-0.15, -0.1) is 0 Å². The zero-order valence-electron chi connectivity index (χ0n) is 14.3. The number of rotatable bonds is 6. The van der Waals surface area contributed by atoms with Crippen LogP contribution in [0.25, 0.3) is 0 Å². The summed E-state index contributed by atoms with van der Waals surface area (Å²) in [6, 6.07) is 19.3. The van der Waals surface area contributed by atoms with Crippen molar-refractivity contribution in [3.05, 3.63) is 98.4 Å². The summed E-state index contributed by atoms with van der Waals surface area (Å²) >= 11 is 11.6. The van der Waals surface area contributed by atoms with Crippen molar-refractivity contribution in [3.63, 3.8) is 0 Å². The Morgan fingerprint density at radius 1 is 1.04 bits per heavy atom. The average molecular weight is 402 g/mol. The van der Waals surface area contributed by atoms with Crippen LogP contribution in [0.1, 0.15) is 17.2 Å². The van der Waals surface area contributed by atoms with E-state index in [1.54, 1.807) is 0 Å². The Bertz CT molecular complexity index is 976. The molecular weight excluding hydrogens is 385 g/mol. The van der Waals surface area contributed by atoms with Crippen molar-refractivity contribution in [1.29, 1.82) is 0 Å². The summed E-state index contributed by atoms with van der Waals surface area (Å²) < 4.78 is 0.994. The molecule has 1 atom stereocenters. The molecule has 7 heteroatoms. The Hall–Kier alpha value is -2.63. The van der Waals surface area contributed by atoms with Gasteiger partial charge in [-0.3, -0.25) is 9.59 Å². The first kappa shape index (κ1) is 19.1. The Labute approximate surface area is 166 Å². The number of carbonyl (C=O) groups excluding carboxylic acids is 1. The fraction of sp³-hybridized carbons (Fsp3) is 0.150. The van der Waals surface area contributed by atoms with Crippen molar-refractivity contribution >= 4 is 29.1 Å². The zero-order valence-corrected chi connectivity index (χ0v) is 15.8. The highest BCUT2D eigenvalue weighted by Crippen LogP contribution is 2.18. The molecule has 0 aliphatic rings. The van der Waals surface area contributed by atoms with Gasteiger partial charge in [-0.1, -0.05) is 83.9 Å². The smallest absolute Gasteiger partial charge is 0.287 e.